The summed E-state index contributed by atoms with van der Waals surface area (Å²) in [5.74, 6) is 0. The van der Waals surface area contributed by atoms with Crippen molar-refractivity contribution in [2.45, 2.75) is 6.92 Å². The fraction of sp³-hybridized carbons (Fsp3) is 0.222. The third-order valence-corrected chi connectivity index (χ3v) is 2.88. The van der Waals surface area contributed by atoms with Crippen LogP contribution in [0.4, 0.5) is 10.5 Å². The molecule has 0 fully saturated rings. The van der Waals surface area contributed by atoms with Crippen molar-refractivity contribution in [1.29, 1.82) is 0 Å². The van der Waals surface area contributed by atoms with Crippen molar-refractivity contribution in [2.24, 2.45) is 0 Å². The average molecular weight is 255 g/mol. The third kappa shape index (κ3) is 2.42. The minimum atomic E-state index is -1.03. The summed E-state index contributed by atoms with van der Waals surface area (Å²) in [6, 6.07) is 6.71. The molecule has 0 radical (unpaired) electrons. The van der Waals surface area contributed by atoms with Crippen molar-refractivity contribution in [3.63, 3.8) is 0 Å². The van der Waals surface area contributed by atoms with E-state index in [0.29, 0.717) is 12.2 Å². The fourth-order valence-corrected chi connectivity index (χ4v) is 1.69. The predicted octanol–water partition coefficient (Wildman–Crippen LogP) is 0.866. The molecule has 1 aromatic carbocycles. The van der Waals surface area contributed by atoms with E-state index in [9.17, 15) is 8.53 Å². The van der Waals surface area contributed by atoms with Crippen LogP contribution in [0.2, 0.25) is 0 Å². The molecule has 1 aromatic rings. The van der Waals surface area contributed by atoms with Gasteiger partial charge in [0, 0.05) is 0 Å². The van der Waals surface area contributed by atoms with Gasteiger partial charge in [-0.05, 0) is 0 Å². The molecule has 0 bridgehead atoms. The Morgan fingerprint density at radius 1 is 1.43 bits per heavy atom. The number of hydrogen-bond donors (Lipinski definition) is 1. The second kappa shape index (κ2) is 4.91. The maximum absolute atomic E-state index is 10.8. The van der Waals surface area contributed by atoms with Crippen LogP contribution < -0.4 is 9.25 Å². The van der Waals surface area contributed by atoms with Crippen LogP contribution >= 0.6 is 0 Å². The Morgan fingerprint density at radius 3 is 2.36 bits per heavy atom. The molecule has 0 aliphatic rings. The summed E-state index contributed by atoms with van der Waals surface area (Å²) in [7, 11) is 0. The summed E-state index contributed by atoms with van der Waals surface area (Å²) in [6.45, 7) is 2.17. The normalized spacial score (nSPS) is 10.1. The van der Waals surface area contributed by atoms with Crippen molar-refractivity contribution >= 4 is 31.8 Å². The van der Waals surface area contributed by atoms with Crippen LogP contribution in [0.1, 0.15) is 6.92 Å². The predicted molar refractivity (Wildman–Crippen MR) is 53.6 cm³/mol. The van der Waals surface area contributed by atoms with Gasteiger partial charge in [0.25, 0.3) is 0 Å². The molecule has 1 N–H and O–H groups in total. The maximum atomic E-state index is 10.8. The summed E-state index contributed by atoms with van der Waals surface area (Å²) in [5, 5.41) is 8.82. The molecule has 0 spiro atoms. The summed E-state index contributed by atoms with van der Waals surface area (Å²) in [6.07, 6.45) is -0.976. The van der Waals surface area contributed by atoms with E-state index in [1.807, 2.05) is 0 Å². The average Bonchev–Trinajstić information content (AvgIpc) is 2.19. The molecular weight excluding hydrogens is 245 g/mol. The quantitative estimate of drug-likeness (QED) is 0.815. The Kier molecular flexibility index (Phi) is 3.83. The van der Waals surface area contributed by atoms with E-state index in [-0.39, 0.29) is 0 Å². The van der Waals surface area contributed by atoms with Crippen molar-refractivity contribution in [2.75, 3.05) is 11.4 Å². The van der Waals surface area contributed by atoms with Gasteiger partial charge in [0.15, 0.2) is 0 Å². The first-order valence-electron chi connectivity index (χ1n) is 4.13. The van der Waals surface area contributed by atoms with Gasteiger partial charge in [-0.1, -0.05) is 0 Å². The van der Waals surface area contributed by atoms with Crippen LogP contribution in [0.5, 0.6) is 0 Å². The topological polar surface area (TPSA) is 57.6 Å². The molecule has 0 aliphatic heterocycles. The first kappa shape index (κ1) is 10.9. The molecule has 5 heteroatoms. The standard InChI is InChI=1S/C9H10AsNO3/c1-2-11(9(12)13)8-5-3-7(10-14)4-6-8/h3-6H,2H2,1H3,(H,12,13). The van der Waals surface area contributed by atoms with Crippen molar-refractivity contribution in [1.82, 2.24) is 0 Å². The number of nitrogens with zero attached hydrogens (tertiary/aromatic N) is 1. The van der Waals surface area contributed by atoms with E-state index in [0.717, 1.165) is 4.35 Å². The molecule has 0 aromatic heterocycles. The Bertz CT molecular complexity index is 336. The number of anilines is 1. The van der Waals surface area contributed by atoms with Crippen molar-refractivity contribution in [3.8, 4) is 0 Å². The van der Waals surface area contributed by atoms with Gasteiger partial charge in [0.05, 0.1) is 0 Å². The molecule has 0 saturated carbocycles. The molecule has 4 nitrogen and oxygen atoms in total. The van der Waals surface area contributed by atoms with Gasteiger partial charge in [0.1, 0.15) is 0 Å². The minimum absolute atomic E-state index is 0.403. The zero-order valence-corrected chi connectivity index (χ0v) is 9.55. The molecule has 0 heterocycles. The van der Waals surface area contributed by atoms with E-state index in [4.69, 9.17) is 5.11 Å². The van der Waals surface area contributed by atoms with Gasteiger partial charge in [-0.2, -0.15) is 0 Å². The zero-order valence-electron chi connectivity index (χ0n) is 7.67. The van der Waals surface area contributed by atoms with Crippen LogP contribution in [0.15, 0.2) is 24.3 Å². The van der Waals surface area contributed by atoms with Gasteiger partial charge in [-0.15, -0.1) is 0 Å². The fourth-order valence-electron chi connectivity index (χ4n) is 1.12. The van der Waals surface area contributed by atoms with Crippen LogP contribution in [0.3, 0.4) is 0 Å². The first-order valence-corrected chi connectivity index (χ1v) is 5.83. The van der Waals surface area contributed by atoms with Crippen LogP contribution in [0, 0.1) is 0 Å². The number of rotatable bonds is 3. The molecular formula is C9H10AsNO3. The van der Waals surface area contributed by atoms with Gasteiger partial charge in [0.2, 0.25) is 0 Å². The molecule has 0 unspecified atom stereocenters. The van der Waals surface area contributed by atoms with Crippen LogP contribution in [0.25, 0.3) is 0 Å². The first-order chi connectivity index (χ1) is 6.69. The van der Waals surface area contributed by atoms with Crippen molar-refractivity contribution in [3.05, 3.63) is 24.3 Å². The molecule has 0 atom stereocenters. The second-order valence-electron chi connectivity index (χ2n) is 2.63. The molecule has 1 rings (SSSR count). The summed E-state index contributed by atoms with van der Waals surface area (Å²) >= 11 is -1.03. The van der Waals surface area contributed by atoms with E-state index >= 15 is 0 Å². The van der Waals surface area contributed by atoms with Gasteiger partial charge >= 0.3 is 88.1 Å². The Hall–Kier alpha value is -1.15. The van der Waals surface area contributed by atoms with Crippen LogP contribution in [-0.2, 0) is 3.74 Å². The number of amides is 1. The van der Waals surface area contributed by atoms with Gasteiger partial charge in [-0.25, -0.2) is 0 Å². The van der Waals surface area contributed by atoms with E-state index in [1.165, 1.54) is 4.90 Å². The molecule has 14 heavy (non-hydrogen) atoms. The van der Waals surface area contributed by atoms with E-state index < -0.39 is 21.8 Å². The molecule has 0 aliphatic carbocycles. The number of hydrogen-bond acceptors (Lipinski definition) is 2. The zero-order chi connectivity index (χ0) is 10.6. The summed E-state index contributed by atoms with van der Waals surface area (Å²) in [4.78, 5) is 12.0. The molecule has 1 amide bonds. The summed E-state index contributed by atoms with van der Waals surface area (Å²) in [5.41, 5.74) is 0.610. The Labute approximate surface area is 88.4 Å². The SMILES string of the molecule is CCN(C(=O)O)c1ccc([As]=O)cc1. The number of carbonyl (C=O) groups is 1. The van der Waals surface area contributed by atoms with Crippen LogP contribution in [-0.4, -0.2) is 33.4 Å². The van der Waals surface area contributed by atoms with Gasteiger partial charge in [-0.3, -0.25) is 0 Å². The number of benzene rings is 1. The number of carboxylic acid groups (broad SMARTS) is 1. The van der Waals surface area contributed by atoms with Gasteiger partial charge < -0.3 is 0 Å². The second-order valence-corrected chi connectivity index (χ2v) is 4.10. The molecule has 74 valence electrons. The third-order valence-electron chi connectivity index (χ3n) is 1.81. The summed E-state index contributed by atoms with van der Waals surface area (Å²) < 4.78 is 11.3. The van der Waals surface area contributed by atoms with E-state index in [1.54, 1.807) is 31.2 Å². The molecule has 0 saturated heterocycles. The van der Waals surface area contributed by atoms with E-state index in [2.05, 4.69) is 0 Å². The van der Waals surface area contributed by atoms with Crippen molar-refractivity contribution < 1.29 is 13.6 Å². The monoisotopic (exact) mass is 255 g/mol. The Balaban J connectivity index is 2.94. The Morgan fingerprint density at radius 2 is 2.00 bits per heavy atom.